The summed E-state index contributed by atoms with van der Waals surface area (Å²) in [5.74, 6) is -0.0421. The molecule has 0 spiro atoms. The molecule has 22 heavy (non-hydrogen) atoms. The van der Waals surface area contributed by atoms with E-state index in [1.165, 1.54) is 18.2 Å². The number of anilines is 1. The molecule has 2 aromatic carbocycles. The van der Waals surface area contributed by atoms with Crippen molar-refractivity contribution in [2.75, 3.05) is 11.9 Å². The molecule has 0 saturated carbocycles. The van der Waals surface area contributed by atoms with Crippen LogP contribution in [0.4, 0.5) is 11.4 Å². The number of rotatable bonds is 5. The number of halogens is 1. The number of amides is 1. The number of non-ortho nitro benzene ring substituents is 1. The van der Waals surface area contributed by atoms with Crippen LogP contribution in [-0.4, -0.2) is 17.4 Å². The lowest BCUT2D eigenvalue weighted by atomic mass is 10.2. The molecule has 0 heterocycles. The predicted molar refractivity (Wildman–Crippen MR) is 91.1 cm³/mol. The summed E-state index contributed by atoms with van der Waals surface area (Å²) in [7, 11) is 0. The van der Waals surface area contributed by atoms with Crippen molar-refractivity contribution in [3.63, 3.8) is 0 Å². The van der Waals surface area contributed by atoms with Gasteiger partial charge in [-0.25, -0.2) is 0 Å². The molecule has 0 aliphatic rings. The van der Waals surface area contributed by atoms with Crippen LogP contribution in [0.25, 0.3) is 0 Å². The Labute approximate surface area is 140 Å². The van der Waals surface area contributed by atoms with Gasteiger partial charge in [-0.2, -0.15) is 0 Å². The molecule has 0 atom stereocenters. The standard InChI is InChI=1S/C15H13IN2O4/c1-10-7-11(16)5-6-14(10)17-15(19)9-22-13-4-2-3-12(8-13)18(20)21/h2-8H,9H2,1H3,(H,17,19). The highest BCUT2D eigenvalue weighted by Crippen LogP contribution is 2.20. The zero-order valence-electron chi connectivity index (χ0n) is 11.7. The average Bonchev–Trinajstić information content (AvgIpc) is 2.48. The van der Waals surface area contributed by atoms with E-state index in [1.807, 2.05) is 25.1 Å². The number of nitrogens with zero attached hydrogens (tertiary/aromatic N) is 1. The van der Waals surface area contributed by atoms with Crippen LogP contribution in [-0.2, 0) is 4.79 Å². The number of nitro groups is 1. The van der Waals surface area contributed by atoms with Crippen LogP contribution in [0.15, 0.2) is 42.5 Å². The molecule has 0 radical (unpaired) electrons. The summed E-state index contributed by atoms with van der Waals surface area (Å²) in [6, 6.07) is 11.4. The van der Waals surface area contributed by atoms with E-state index in [0.717, 1.165) is 9.13 Å². The Balaban J connectivity index is 1.95. The van der Waals surface area contributed by atoms with E-state index < -0.39 is 4.92 Å². The van der Waals surface area contributed by atoms with Gasteiger partial charge in [0.15, 0.2) is 6.61 Å². The van der Waals surface area contributed by atoms with Crippen molar-refractivity contribution in [2.24, 2.45) is 0 Å². The Bertz CT molecular complexity index is 718. The fourth-order valence-electron chi connectivity index (χ4n) is 1.79. The minimum atomic E-state index is -0.512. The maximum absolute atomic E-state index is 11.9. The van der Waals surface area contributed by atoms with Crippen molar-refractivity contribution in [3.8, 4) is 5.75 Å². The van der Waals surface area contributed by atoms with Crippen LogP contribution < -0.4 is 10.1 Å². The van der Waals surface area contributed by atoms with Gasteiger partial charge in [-0.05, 0) is 59.3 Å². The zero-order valence-corrected chi connectivity index (χ0v) is 13.9. The Morgan fingerprint density at radius 3 is 2.77 bits per heavy atom. The number of hydrogen-bond acceptors (Lipinski definition) is 4. The molecule has 1 amide bonds. The molecule has 7 heteroatoms. The smallest absolute Gasteiger partial charge is 0.273 e. The van der Waals surface area contributed by atoms with Gasteiger partial charge in [-0.15, -0.1) is 0 Å². The molecule has 114 valence electrons. The number of carbonyl (C=O) groups is 1. The summed E-state index contributed by atoms with van der Waals surface area (Å²) in [5, 5.41) is 13.4. The van der Waals surface area contributed by atoms with Crippen molar-refractivity contribution >= 4 is 39.9 Å². The van der Waals surface area contributed by atoms with E-state index in [0.29, 0.717) is 5.69 Å². The van der Waals surface area contributed by atoms with Crippen molar-refractivity contribution in [3.05, 3.63) is 61.7 Å². The SMILES string of the molecule is Cc1cc(I)ccc1NC(=O)COc1cccc([N+](=O)[O-])c1. The van der Waals surface area contributed by atoms with Crippen LogP contribution in [0, 0.1) is 20.6 Å². The summed E-state index contributed by atoms with van der Waals surface area (Å²) < 4.78 is 6.36. The van der Waals surface area contributed by atoms with E-state index >= 15 is 0 Å². The number of carbonyl (C=O) groups excluding carboxylic acids is 1. The van der Waals surface area contributed by atoms with Crippen molar-refractivity contribution in [1.82, 2.24) is 0 Å². The Kier molecular flexibility index (Phi) is 5.31. The quantitative estimate of drug-likeness (QED) is 0.463. The summed E-state index contributed by atoms with van der Waals surface area (Å²) in [6.07, 6.45) is 0. The van der Waals surface area contributed by atoms with Gasteiger partial charge in [0, 0.05) is 15.3 Å². The normalized spacial score (nSPS) is 10.1. The molecule has 0 aromatic heterocycles. The fourth-order valence-corrected chi connectivity index (χ4v) is 2.44. The number of ether oxygens (including phenoxy) is 1. The zero-order chi connectivity index (χ0) is 16.1. The van der Waals surface area contributed by atoms with Gasteiger partial charge >= 0.3 is 0 Å². The molecule has 0 aliphatic heterocycles. The number of hydrogen-bond donors (Lipinski definition) is 1. The van der Waals surface area contributed by atoms with Gasteiger partial charge in [0.1, 0.15) is 5.75 Å². The summed E-state index contributed by atoms with van der Waals surface area (Å²) in [5.41, 5.74) is 1.59. The molecule has 2 aromatic rings. The highest BCUT2D eigenvalue weighted by atomic mass is 127. The number of benzene rings is 2. The lowest BCUT2D eigenvalue weighted by Gasteiger charge is -2.10. The Morgan fingerprint density at radius 2 is 2.09 bits per heavy atom. The molecule has 0 saturated heterocycles. The second kappa shape index (κ2) is 7.21. The molecule has 0 bridgehead atoms. The van der Waals surface area contributed by atoms with Crippen molar-refractivity contribution in [1.29, 1.82) is 0 Å². The molecule has 1 N–H and O–H groups in total. The fraction of sp³-hybridized carbons (Fsp3) is 0.133. The molecule has 2 rings (SSSR count). The van der Waals surface area contributed by atoms with Crippen LogP contribution in [0.5, 0.6) is 5.75 Å². The minimum absolute atomic E-state index is 0.0774. The summed E-state index contributed by atoms with van der Waals surface area (Å²) in [4.78, 5) is 22.0. The van der Waals surface area contributed by atoms with Crippen LogP contribution in [0.3, 0.4) is 0 Å². The van der Waals surface area contributed by atoms with Gasteiger partial charge in [-0.3, -0.25) is 14.9 Å². The highest BCUT2D eigenvalue weighted by molar-refractivity contribution is 14.1. The number of aryl methyl sites for hydroxylation is 1. The highest BCUT2D eigenvalue weighted by Gasteiger charge is 2.09. The topological polar surface area (TPSA) is 81.5 Å². The Morgan fingerprint density at radius 1 is 1.32 bits per heavy atom. The molecular weight excluding hydrogens is 399 g/mol. The minimum Gasteiger partial charge on any atom is -0.484 e. The van der Waals surface area contributed by atoms with E-state index in [4.69, 9.17) is 4.74 Å². The number of nitro benzene ring substituents is 1. The second-order valence-corrected chi connectivity index (χ2v) is 5.80. The first-order valence-corrected chi connectivity index (χ1v) is 7.47. The van der Waals surface area contributed by atoms with Crippen molar-refractivity contribution in [2.45, 2.75) is 6.92 Å². The van der Waals surface area contributed by atoms with Gasteiger partial charge in [0.2, 0.25) is 0 Å². The lowest BCUT2D eigenvalue weighted by Crippen LogP contribution is -2.20. The van der Waals surface area contributed by atoms with E-state index in [1.54, 1.807) is 6.07 Å². The van der Waals surface area contributed by atoms with Gasteiger partial charge in [-0.1, -0.05) is 6.07 Å². The van der Waals surface area contributed by atoms with Gasteiger partial charge in [0.25, 0.3) is 11.6 Å². The van der Waals surface area contributed by atoms with Gasteiger partial charge in [0.05, 0.1) is 11.0 Å². The predicted octanol–water partition coefficient (Wildman–Crippen LogP) is 3.53. The average molecular weight is 412 g/mol. The largest absolute Gasteiger partial charge is 0.484 e. The maximum atomic E-state index is 11.9. The lowest BCUT2D eigenvalue weighted by molar-refractivity contribution is -0.384. The molecule has 0 unspecified atom stereocenters. The van der Waals surface area contributed by atoms with Crippen LogP contribution >= 0.6 is 22.6 Å². The first-order chi connectivity index (χ1) is 10.5. The molecular formula is C15H13IN2O4. The maximum Gasteiger partial charge on any atom is 0.273 e. The molecule has 6 nitrogen and oxygen atoms in total. The molecule has 0 aliphatic carbocycles. The third-order valence-corrected chi connectivity index (χ3v) is 3.53. The van der Waals surface area contributed by atoms with Crippen molar-refractivity contribution < 1.29 is 14.5 Å². The monoisotopic (exact) mass is 412 g/mol. The van der Waals surface area contributed by atoms with Crippen LogP contribution in [0.1, 0.15) is 5.56 Å². The third-order valence-electron chi connectivity index (χ3n) is 2.86. The second-order valence-electron chi connectivity index (χ2n) is 4.55. The van der Waals surface area contributed by atoms with E-state index in [-0.39, 0.29) is 24.0 Å². The summed E-state index contributed by atoms with van der Waals surface area (Å²) in [6.45, 7) is 1.69. The summed E-state index contributed by atoms with van der Waals surface area (Å²) >= 11 is 2.20. The molecule has 0 fully saturated rings. The van der Waals surface area contributed by atoms with Crippen LogP contribution in [0.2, 0.25) is 0 Å². The third kappa shape index (κ3) is 4.42. The van der Waals surface area contributed by atoms with Gasteiger partial charge < -0.3 is 10.1 Å². The van der Waals surface area contributed by atoms with E-state index in [9.17, 15) is 14.9 Å². The number of nitrogens with one attached hydrogen (secondary N) is 1. The van der Waals surface area contributed by atoms with E-state index in [2.05, 4.69) is 27.9 Å². The first kappa shape index (κ1) is 16.2. The first-order valence-electron chi connectivity index (χ1n) is 6.39. The Hall–Kier alpha value is -2.16.